The standard InChI is InChI=1S/C22H29N5O4/c1-15(2)27-19(9-12-23-27)25-20(28)16(3)31-21(29)17-10-13-26(14-11-17)22(30)24-18-7-5-4-6-8-18/h4-9,12,15-17H,10-11,13-14H2,1-3H3,(H,24,30)(H,25,28). The number of carbonyl (C=O) groups excluding carboxylic acids is 3. The fourth-order valence-corrected chi connectivity index (χ4v) is 3.42. The summed E-state index contributed by atoms with van der Waals surface area (Å²) in [4.78, 5) is 39.0. The first-order valence-corrected chi connectivity index (χ1v) is 10.5. The van der Waals surface area contributed by atoms with E-state index in [-0.39, 0.29) is 18.0 Å². The zero-order valence-electron chi connectivity index (χ0n) is 18.1. The molecule has 0 aliphatic carbocycles. The molecule has 9 nitrogen and oxygen atoms in total. The molecule has 3 rings (SSSR count). The van der Waals surface area contributed by atoms with Crippen LogP contribution in [-0.2, 0) is 14.3 Å². The molecule has 2 N–H and O–H groups in total. The Morgan fingerprint density at radius 2 is 1.71 bits per heavy atom. The molecule has 2 aromatic rings. The van der Waals surface area contributed by atoms with Gasteiger partial charge in [-0.05, 0) is 45.7 Å². The summed E-state index contributed by atoms with van der Waals surface area (Å²) in [6.07, 6.45) is 1.67. The first-order chi connectivity index (χ1) is 14.8. The lowest BCUT2D eigenvalue weighted by Crippen LogP contribution is -2.43. The first-order valence-electron chi connectivity index (χ1n) is 10.5. The molecule has 31 heavy (non-hydrogen) atoms. The van der Waals surface area contributed by atoms with E-state index in [1.807, 2.05) is 44.2 Å². The Morgan fingerprint density at radius 3 is 2.35 bits per heavy atom. The molecule has 1 aromatic carbocycles. The van der Waals surface area contributed by atoms with Gasteiger partial charge in [-0.15, -0.1) is 0 Å². The monoisotopic (exact) mass is 427 g/mol. The van der Waals surface area contributed by atoms with Crippen molar-refractivity contribution in [3.8, 4) is 0 Å². The number of anilines is 2. The molecule has 166 valence electrons. The van der Waals surface area contributed by atoms with Gasteiger partial charge in [0.05, 0.1) is 12.1 Å². The number of para-hydroxylation sites is 1. The topological polar surface area (TPSA) is 106 Å². The van der Waals surface area contributed by atoms with Crippen LogP contribution in [0.25, 0.3) is 0 Å². The number of carbonyl (C=O) groups is 3. The van der Waals surface area contributed by atoms with Crippen molar-refractivity contribution in [2.75, 3.05) is 23.7 Å². The number of benzene rings is 1. The summed E-state index contributed by atoms with van der Waals surface area (Å²) in [5.41, 5.74) is 0.729. The van der Waals surface area contributed by atoms with E-state index >= 15 is 0 Å². The number of nitrogens with one attached hydrogen (secondary N) is 2. The number of likely N-dealkylation sites (tertiary alicyclic amines) is 1. The highest BCUT2D eigenvalue weighted by atomic mass is 16.5. The van der Waals surface area contributed by atoms with Gasteiger partial charge in [-0.25, -0.2) is 9.48 Å². The molecule has 1 atom stereocenters. The van der Waals surface area contributed by atoms with Crippen molar-refractivity contribution in [2.45, 2.75) is 45.8 Å². The van der Waals surface area contributed by atoms with E-state index in [9.17, 15) is 14.4 Å². The van der Waals surface area contributed by atoms with Crippen LogP contribution in [0.1, 0.15) is 39.7 Å². The van der Waals surface area contributed by atoms with Crippen LogP contribution in [0.4, 0.5) is 16.3 Å². The maximum absolute atomic E-state index is 12.5. The number of nitrogens with zero attached hydrogens (tertiary/aromatic N) is 3. The largest absolute Gasteiger partial charge is 0.452 e. The van der Waals surface area contributed by atoms with Crippen molar-refractivity contribution in [1.29, 1.82) is 0 Å². The lowest BCUT2D eigenvalue weighted by Gasteiger charge is -2.31. The van der Waals surface area contributed by atoms with Crippen molar-refractivity contribution in [3.63, 3.8) is 0 Å². The van der Waals surface area contributed by atoms with Crippen LogP contribution in [0.2, 0.25) is 0 Å². The van der Waals surface area contributed by atoms with Crippen LogP contribution < -0.4 is 10.6 Å². The minimum absolute atomic E-state index is 0.0902. The van der Waals surface area contributed by atoms with Gasteiger partial charge in [-0.3, -0.25) is 9.59 Å². The van der Waals surface area contributed by atoms with E-state index in [4.69, 9.17) is 4.74 Å². The highest BCUT2D eigenvalue weighted by Gasteiger charge is 2.30. The molecular formula is C22H29N5O4. The van der Waals surface area contributed by atoms with Crippen molar-refractivity contribution < 1.29 is 19.1 Å². The van der Waals surface area contributed by atoms with Gasteiger partial charge in [0, 0.05) is 30.9 Å². The van der Waals surface area contributed by atoms with Crippen LogP contribution in [0.15, 0.2) is 42.6 Å². The molecular weight excluding hydrogens is 398 g/mol. The number of urea groups is 1. The third kappa shape index (κ3) is 5.84. The molecule has 2 heterocycles. The highest BCUT2D eigenvalue weighted by molar-refractivity contribution is 5.94. The van der Waals surface area contributed by atoms with Gasteiger partial charge >= 0.3 is 12.0 Å². The Labute approximate surface area is 181 Å². The van der Waals surface area contributed by atoms with E-state index in [1.54, 1.807) is 28.8 Å². The molecule has 1 unspecified atom stereocenters. The lowest BCUT2D eigenvalue weighted by molar-refractivity contribution is -0.158. The van der Waals surface area contributed by atoms with Crippen LogP contribution >= 0.6 is 0 Å². The number of ether oxygens (including phenoxy) is 1. The molecule has 0 radical (unpaired) electrons. The number of esters is 1. The molecule has 3 amide bonds. The van der Waals surface area contributed by atoms with E-state index in [0.29, 0.717) is 31.7 Å². The zero-order chi connectivity index (χ0) is 22.4. The van der Waals surface area contributed by atoms with Gasteiger partial charge in [0.2, 0.25) is 0 Å². The predicted molar refractivity (Wildman–Crippen MR) is 117 cm³/mol. The number of hydrogen-bond acceptors (Lipinski definition) is 5. The number of amides is 3. The van der Waals surface area contributed by atoms with E-state index in [2.05, 4.69) is 15.7 Å². The average molecular weight is 428 g/mol. The SMILES string of the molecule is CC(OC(=O)C1CCN(C(=O)Nc2ccccc2)CC1)C(=O)Nc1ccnn1C(C)C. The predicted octanol–water partition coefficient (Wildman–Crippen LogP) is 3.28. The molecule has 0 saturated carbocycles. The van der Waals surface area contributed by atoms with Crippen molar-refractivity contribution >= 4 is 29.4 Å². The quantitative estimate of drug-likeness (QED) is 0.688. The Bertz CT molecular complexity index is 904. The third-order valence-electron chi connectivity index (χ3n) is 5.21. The van der Waals surface area contributed by atoms with Gasteiger partial charge in [0.15, 0.2) is 6.10 Å². The van der Waals surface area contributed by atoms with Crippen molar-refractivity contribution in [3.05, 3.63) is 42.6 Å². The third-order valence-corrected chi connectivity index (χ3v) is 5.21. The average Bonchev–Trinajstić information content (AvgIpc) is 3.23. The minimum atomic E-state index is -0.928. The molecule has 0 spiro atoms. The fourth-order valence-electron chi connectivity index (χ4n) is 3.42. The zero-order valence-corrected chi connectivity index (χ0v) is 18.1. The van der Waals surface area contributed by atoms with Crippen molar-refractivity contribution in [1.82, 2.24) is 14.7 Å². The number of piperidine rings is 1. The van der Waals surface area contributed by atoms with Gasteiger partial charge in [-0.1, -0.05) is 18.2 Å². The summed E-state index contributed by atoms with van der Waals surface area (Å²) in [5.74, 6) is -0.601. The summed E-state index contributed by atoms with van der Waals surface area (Å²) in [6.45, 7) is 6.36. The Kier molecular flexibility index (Phi) is 7.28. The van der Waals surface area contributed by atoms with Gasteiger partial charge < -0.3 is 20.3 Å². The number of aromatic nitrogens is 2. The first kappa shape index (κ1) is 22.3. The molecule has 0 bridgehead atoms. The summed E-state index contributed by atoms with van der Waals surface area (Å²) in [5, 5.41) is 9.76. The summed E-state index contributed by atoms with van der Waals surface area (Å²) in [7, 11) is 0. The Morgan fingerprint density at radius 1 is 1.03 bits per heavy atom. The molecule has 9 heteroatoms. The van der Waals surface area contributed by atoms with Crippen molar-refractivity contribution in [2.24, 2.45) is 5.92 Å². The molecule has 1 aliphatic heterocycles. The van der Waals surface area contributed by atoms with E-state index in [0.717, 1.165) is 5.69 Å². The second-order valence-electron chi connectivity index (χ2n) is 7.88. The van der Waals surface area contributed by atoms with Crippen LogP contribution in [-0.4, -0.2) is 51.8 Å². The molecule has 1 aromatic heterocycles. The van der Waals surface area contributed by atoms with Crippen LogP contribution in [0, 0.1) is 5.92 Å². The minimum Gasteiger partial charge on any atom is -0.452 e. The summed E-state index contributed by atoms with van der Waals surface area (Å²) < 4.78 is 7.08. The summed E-state index contributed by atoms with van der Waals surface area (Å²) in [6, 6.07) is 10.8. The van der Waals surface area contributed by atoms with Crippen LogP contribution in [0.5, 0.6) is 0 Å². The normalized spacial score (nSPS) is 15.4. The molecule has 1 aliphatic rings. The fraction of sp³-hybridized carbons (Fsp3) is 0.455. The van der Waals surface area contributed by atoms with E-state index in [1.165, 1.54) is 0 Å². The van der Waals surface area contributed by atoms with Crippen LogP contribution in [0.3, 0.4) is 0 Å². The van der Waals surface area contributed by atoms with Gasteiger partial charge in [-0.2, -0.15) is 5.10 Å². The summed E-state index contributed by atoms with van der Waals surface area (Å²) >= 11 is 0. The second kappa shape index (κ2) is 10.1. The Hall–Kier alpha value is -3.36. The highest BCUT2D eigenvalue weighted by Crippen LogP contribution is 2.21. The maximum atomic E-state index is 12.5. The molecule has 1 saturated heterocycles. The lowest BCUT2D eigenvalue weighted by atomic mass is 9.97. The van der Waals surface area contributed by atoms with Gasteiger partial charge in [0.1, 0.15) is 5.82 Å². The second-order valence-corrected chi connectivity index (χ2v) is 7.88. The number of hydrogen-bond donors (Lipinski definition) is 2. The Balaban J connectivity index is 1.45. The molecule has 1 fully saturated rings. The van der Waals surface area contributed by atoms with Gasteiger partial charge in [0.25, 0.3) is 5.91 Å². The maximum Gasteiger partial charge on any atom is 0.321 e. The number of rotatable bonds is 6. The smallest absolute Gasteiger partial charge is 0.321 e. The van der Waals surface area contributed by atoms with E-state index < -0.39 is 18.0 Å².